The molecule has 0 bridgehead atoms. The fourth-order valence-electron chi connectivity index (χ4n) is 3.84. The van der Waals surface area contributed by atoms with Gasteiger partial charge in [0.05, 0.1) is 11.3 Å². The lowest BCUT2D eigenvalue weighted by Crippen LogP contribution is -2.48. The quantitative estimate of drug-likeness (QED) is 0.720. The lowest BCUT2D eigenvalue weighted by molar-refractivity contribution is -0.145. The van der Waals surface area contributed by atoms with Crippen LogP contribution in [0.3, 0.4) is 0 Å². The van der Waals surface area contributed by atoms with Gasteiger partial charge < -0.3 is 15.7 Å². The van der Waals surface area contributed by atoms with Gasteiger partial charge in [0.2, 0.25) is 5.91 Å². The predicted octanol–water partition coefficient (Wildman–Crippen LogP) is 1.63. The van der Waals surface area contributed by atoms with Gasteiger partial charge in [0, 0.05) is 13.1 Å². The van der Waals surface area contributed by atoms with Gasteiger partial charge in [0.1, 0.15) is 0 Å². The molecule has 2 rings (SSSR count). The van der Waals surface area contributed by atoms with Crippen LogP contribution < -0.4 is 10.6 Å². The fourth-order valence-corrected chi connectivity index (χ4v) is 3.84. The number of hydrogen-bond acceptors (Lipinski definition) is 3. The molecule has 5 heteroatoms. The van der Waals surface area contributed by atoms with Crippen molar-refractivity contribution in [2.24, 2.45) is 23.2 Å². The molecule has 120 valence electrons. The first-order valence-electron chi connectivity index (χ1n) is 8.19. The molecule has 1 saturated heterocycles. The number of nitrogens with one attached hydrogen (secondary N) is 2. The first kappa shape index (κ1) is 16.3. The third-order valence-electron chi connectivity index (χ3n) is 5.50. The molecule has 1 saturated carbocycles. The van der Waals surface area contributed by atoms with E-state index in [4.69, 9.17) is 0 Å². The van der Waals surface area contributed by atoms with E-state index < -0.39 is 5.97 Å². The van der Waals surface area contributed by atoms with Gasteiger partial charge in [0.15, 0.2) is 0 Å². The molecular formula is C16H28N2O3. The van der Waals surface area contributed by atoms with Gasteiger partial charge in [-0.1, -0.05) is 26.7 Å². The Kier molecular flexibility index (Phi) is 5.25. The van der Waals surface area contributed by atoms with E-state index in [0.29, 0.717) is 6.54 Å². The van der Waals surface area contributed by atoms with Gasteiger partial charge in [-0.15, -0.1) is 0 Å². The summed E-state index contributed by atoms with van der Waals surface area (Å²) in [5, 5.41) is 15.6. The number of hydrogen-bond donors (Lipinski definition) is 3. The minimum absolute atomic E-state index is 0.0822. The van der Waals surface area contributed by atoms with Gasteiger partial charge in [-0.3, -0.25) is 9.59 Å². The highest BCUT2D eigenvalue weighted by molar-refractivity contribution is 5.83. The highest BCUT2D eigenvalue weighted by atomic mass is 16.4. The second kappa shape index (κ2) is 6.77. The SMILES string of the molecule is CC(C)C1(C(=O)NCC2CCCCC2C(=O)O)CCNC1. The van der Waals surface area contributed by atoms with Crippen LogP contribution in [0.2, 0.25) is 0 Å². The summed E-state index contributed by atoms with van der Waals surface area (Å²) in [6, 6.07) is 0. The summed E-state index contributed by atoms with van der Waals surface area (Å²) in [5.74, 6) is -0.545. The minimum Gasteiger partial charge on any atom is -0.481 e. The first-order chi connectivity index (χ1) is 9.97. The molecule has 1 amide bonds. The van der Waals surface area contributed by atoms with E-state index in [9.17, 15) is 14.7 Å². The average Bonchev–Trinajstić information content (AvgIpc) is 2.95. The number of rotatable bonds is 5. The molecule has 0 aromatic rings. The summed E-state index contributed by atoms with van der Waals surface area (Å²) in [5.41, 5.74) is -0.326. The lowest BCUT2D eigenvalue weighted by atomic mass is 9.75. The number of carbonyl (C=O) groups is 2. The average molecular weight is 296 g/mol. The van der Waals surface area contributed by atoms with Crippen molar-refractivity contribution in [1.82, 2.24) is 10.6 Å². The van der Waals surface area contributed by atoms with Crippen molar-refractivity contribution < 1.29 is 14.7 Å². The van der Waals surface area contributed by atoms with Gasteiger partial charge in [0.25, 0.3) is 0 Å². The van der Waals surface area contributed by atoms with E-state index in [-0.39, 0.29) is 29.1 Å². The van der Waals surface area contributed by atoms with Crippen molar-refractivity contribution in [1.29, 1.82) is 0 Å². The third kappa shape index (κ3) is 3.39. The molecule has 5 nitrogen and oxygen atoms in total. The molecule has 0 spiro atoms. The molecule has 2 fully saturated rings. The highest BCUT2D eigenvalue weighted by Gasteiger charge is 2.44. The Morgan fingerprint density at radius 1 is 1.33 bits per heavy atom. The summed E-state index contributed by atoms with van der Waals surface area (Å²) < 4.78 is 0. The Bertz CT molecular complexity index is 389. The Morgan fingerprint density at radius 3 is 2.62 bits per heavy atom. The molecular weight excluding hydrogens is 268 g/mol. The predicted molar refractivity (Wildman–Crippen MR) is 80.9 cm³/mol. The van der Waals surface area contributed by atoms with Crippen LogP contribution in [-0.4, -0.2) is 36.6 Å². The van der Waals surface area contributed by atoms with E-state index in [1.807, 2.05) is 0 Å². The van der Waals surface area contributed by atoms with Crippen LogP contribution in [0.15, 0.2) is 0 Å². The largest absolute Gasteiger partial charge is 0.481 e. The van der Waals surface area contributed by atoms with E-state index in [1.54, 1.807) is 0 Å². The van der Waals surface area contributed by atoms with E-state index in [1.165, 1.54) is 0 Å². The molecule has 3 N–H and O–H groups in total. The number of carboxylic acid groups (broad SMARTS) is 1. The summed E-state index contributed by atoms with van der Waals surface area (Å²) in [6.07, 6.45) is 4.57. The van der Waals surface area contributed by atoms with Gasteiger partial charge in [-0.05, 0) is 37.6 Å². The smallest absolute Gasteiger partial charge is 0.306 e. The molecule has 1 aliphatic heterocycles. The molecule has 3 atom stereocenters. The van der Waals surface area contributed by atoms with Crippen molar-refractivity contribution in [3.05, 3.63) is 0 Å². The molecule has 0 radical (unpaired) electrons. The molecule has 0 aromatic heterocycles. The van der Waals surface area contributed by atoms with Gasteiger partial charge in [-0.2, -0.15) is 0 Å². The number of carboxylic acids is 1. The van der Waals surface area contributed by atoms with E-state index >= 15 is 0 Å². The van der Waals surface area contributed by atoms with Crippen LogP contribution >= 0.6 is 0 Å². The zero-order chi connectivity index (χ0) is 15.5. The Labute approximate surface area is 126 Å². The second-order valence-corrected chi connectivity index (χ2v) is 6.94. The van der Waals surface area contributed by atoms with Crippen molar-refractivity contribution in [2.45, 2.75) is 46.0 Å². The normalized spacial score (nSPS) is 33.1. The van der Waals surface area contributed by atoms with Crippen LogP contribution in [0.4, 0.5) is 0 Å². The van der Waals surface area contributed by atoms with Crippen molar-refractivity contribution in [3.8, 4) is 0 Å². The Hall–Kier alpha value is -1.10. The molecule has 3 unspecified atom stereocenters. The monoisotopic (exact) mass is 296 g/mol. The van der Waals surface area contributed by atoms with Gasteiger partial charge in [-0.25, -0.2) is 0 Å². The summed E-state index contributed by atoms with van der Waals surface area (Å²) >= 11 is 0. The number of amides is 1. The van der Waals surface area contributed by atoms with Crippen LogP contribution in [0, 0.1) is 23.2 Å². The molecule has 1 aliphatic carbocycles. The van der Waals surface area contributed by atoms with Crippen molar-refractivity contribution >= 4 is 11.9 Å². The van der Waals surface area contributed by atoms with E-state index in [0.717, 1.165) is 45.2 Å². The van der Waals surface area contributed by atoms with Crippen molar-refractivity contribution in [2.75, 3.05) is 19.6 Å². The van der Waals surface area contributed by atoms with Crippen LogP contribution in [-0.2, 0) is 9.59 Å². The molecule has 21 heavy (non-hydrogen) atoms. The second-order valence-electron chi connectivity index (χ2n) is 6.94. The summed E-state index contributed by atoms with van der Waals surface area (Å²) in [6.45, 7) is 6.29. The third-order valence-corrected chi connectivity index (χ3v) is 5.50. The van der Waals surface area contributed by atoms with Crippen LogP contribution in [0.25, 0.3) is 0 Å². The zero-order valence-electron chi connectivity index (χ0n) is 13.2. The number of carbonyl (C=O) groups excluding carboxylic acids is 1. The zero-order valence-corrected chi connectivity index (χ0v) is 13.2. The maximum absolute atomic E-state index is 12.6. The topological polar surface area (TPSA) is 78.4 Å². The number of aliphatic carboxylic acids is 1. The maximum Gasteiger partial charge on any atom is 0.306 e. The van der Waals surface area contributed by atoms with Crippen LogP contribution in [0.1, 0.15) is 46.0 Å². The minimum atomic E-state index is -0.713. The van der Waals surface area contributed by atoms with Gasteiger partial charge >= 0.3 is 5.97 Å². The lowest BCUT2D eigenvalue weighted by Gasteiger charge is -2.33. The van der Waals surface area contributed by atoms with Crippen LogP contribution in [0.5, 0.6) is 0 Å². The summed E-state index contributed by atoms with van der Waals surface area (Å²) in [7, 11) is 0. The molecule has 0 aromatic carbocycles. The fraction of sp³-hybridized carbons (Fsp3) is 0.875. The van der Waals surface area contributed by atoms with E-state index in [2.05, 4.69) is 24.5 Å². The standard InChI is InChI=1S/C16H28N2O3/c1-11(2)16(7-8-17-10-16)15(21)18-9-12-5-3-4-6-13(12)14(19)20/h11-13,17H,3-10H2,1-2H3,(H,18,21)(H,19,20). The maximum atomic E-state index is 12.6. The molecule has 2 aliphatic rings. The Balaban J connectivity index is 1.94. The summed E-state index contributed by atoms with van der Waals surface area (Å²) in [4.78, 5) is 23.9. The Morgan fingerprint density at radius 2 is 2.05 bits per heavy atom. The molecule has 1 heterocycles. The highest BCUT2D eigenvalue weighted by Crippen LogP contribution is 2.35. The first-order valence-corrected chi connectivity index (χ1v) is 8.19. The van der Waals surface area contributed by atoms with Crippen molar-refractivity contribution in [3.63, 3.8) is 0 Å².